The van der Waals surface area contributed by atoms with Gasteiger partial charge in [-0.15, -0.1) is 0 Å². The summed E-state index contributed by atoms with van der Waals surface area (Å²) in [4.78, 5) is 26.2. The van der Waals surface area contributed by atoms with E-state index in [1.54, 1.807) is 0 Å². The third-order valence-electron chi connectivity index (χ3n) is 6.52. The molecular weight excluding hydrogens is 340 g/mol. The molecule has 142 valence electrons. The Morgan fingerprint density at radius 1 is 1.15 bits per heavy atom. The number of benzene rings is 1. The van der Waals surface area contributed by atoms with Gasteiger partial charge in [-0.25, -0.2) is 0 Å². The van der Waals surface area contributed by atoms with Crippen LogP contribution in [-0.4, -0.2) is 39.5 Å². The summed E-state index contributed by atoms with van der Waals surface area (Å²) in [6, 6.07) is 12.2. The molecule has 1 aromatic carbocycles. The zero-order valence-corrected chi connectivity index (χ0v) is 15.9. The molecule has 27 heavy (non-hydrogen) atoms. The highest BCUT2D eigenvalue weighted by molar-refractivity contribution is 5.96. The number of hydrogen-bond donors (Lipinski definition) is 1. The molecule has 1 aliphatic heterocycles. The fourth-order valence-corrected chi connectivity index (χ4v) is 4.60. The van der Waals surface area contributed by atoms with Gasteiger partial charge in [0.25, 0.3) is 5.91 Å². The summed E-state index contributed by atoms with van der Waals surface area (Å²) in [6.45, 7) is 6.13. The van der Waals surface area contributed by atoms with Crippen LogP contribution in [-0.2, 0) is 11.3 Å². The molecule has 1 saturated carbocycles. The van der Waals surface area contributed by atoms with E-state index in [9.17, 15) is 14.7 Å². The molecule has 2 aromatic rings. The Kier molecular flexibility index (Phi) is 4.33. The van der Waals surface area contributed by atoms with E-state index >= 15 is 0 Å². The Labute approximate surface area is 159 Å². The second-order valence-corrected chi connectivity index (χ2v) is 8.11. The maximum Gasteiger partial charge on any atom is 0.307 e. The van der Waals surface area contributed by atoms with E-state index in [-0.39, 0.29) is 17.2 Å². The lowest BCUT2D eigenvalue weighted by Crippen LogP contribution is -2.40. The number of piperidine rings is 1. The minimum Gasteiger partial charge on any atom is -0.481 e. The number of carbonyl (C=O) groups is 2. The molecule has 1 amide bonds. The van der Waals surface area contributed by atoms with Gasteiger partial charge in [-0.1, -0.05) is 30.3 Å². The standard InChI is InChI=1S/C22H26N2O3/c1-15-12-18(16(2)24(15)14-17-6-4-3-5-7-17)20(25)23-10-8-22(9-11-23)13-19(22)21(26)27/h3-7,12,19H,8-11,13-14H2,1-2H3,(H,26,27)/t19-/m1/s1. The molecule has 2 fully saturated rings. The predicted octanol–water partition coefficient (Wildman–Crippen LogP) is 3.48. The molecule has 5 heteroatoms. The highest BCUT2D eigenvalue weighted by atomic mass is 16.4. The van der Waals surface area contributed by atoms with Gasteiger partial charge in [0.1, 0.15) is 0 Å². The highest BCUT2D eigenvalue weighted by Crippen LogP contribution is 2.59. The molecule has 2 aliphatic rings. The molecule has 1 saturated heterocycles. The second kappa shape index (κ2) is 6.55. The Balaban J connectivity index is 1.47. The Bertz CT molecular complexity index is 876. The Morgan fingerprint density at radius 2 is 1.81 bits per heavy atom. The van der Waals surface area contributed by atoms with Gasteiger partial charge in [0, 0.05) is 31.0 Å². The lowest BCUT2D eigenvalue weighted by atomic mass is 9.90. The Hall–Kier alpha value is -2.56. The molecule has 1 aliphatic carbocycles. The molecule has 5 nitrogen and oxygen atoms in total. The number of hydrogen-bond acceptors (Lipinski definition) is 2. The quantitative estimate of drug-likeness (QED) is 0.901. The largest absolute Gasteiger partial charge is 0.481 e. The average molecular weight is 366 g/mol. The van der Waals surface area contributed by atoms with Gasteiger partial charge < -0.3 is 14.6 Å². The van der Waals surface area contributed by atoms with Gasteiger partial charge in [0.15, 0.2) is 0 Å². The van der Waals surface area contributed by atoms with Crippen molar-refractivity contribution in [2.75, 3.05) is 13.1 Å². The number of rotatable bonds is 4. The molecule has 1 atom stereocenters. The van der Waals surface area contributed by atoms with Crippen molar-refractivity contribution in [2.45, 2.75) is 39.7 Å². The first-order chi connectivity index (χ1) is 12.9. The van der Waals surface area contributed by atoms with Gasteiger partial charge >= 0.3 is 5.97 Å². The van der Waals surface area contributed by atoms with Gasteiger partial charge in [0.05, 0.1) is 11.5 Å². The van der Waals surface area contributed by atoms with Crippen LogP contribution >= 0.6 is 0 Å². The van der Waals surface area contributed by atoms with Gasteiger partial charge in [-0.2, -0.15) is 0 Å². The lowest BCUT2D eigenvalue weighted by Gasteiger charge is -2.32. The molecule has 1 aromatic heterocycles. The minimum atomic E-state index is -0.681. The normalized spacial score (nSPS) is 20.7. The number of aromatic nitrogens is 1. The number of carbonyl (C=O) groups excluding carboxylic acids is 1. The molecule has 0 bridgehead atoms. The first-order valence-electron chi connectivity index (χ1n) is 9.64. The molecule has 0 unspecified atom stereocenters. The summed E-state index contributed by atoms with van der Waals surface area (Å²) < 4.78 is 2.19. The van der Waals surface area contributed by atoms with Gasteiger partial charge in [-0.05, 0) is 50.2 Å². The van der Waals surface area contributed by atoms with Crippen LogP contribution < -0.4 is 0 Å². The van der Waals surface area contributed by atoms with Crippen molar-refractivity contribution in [3.63, 3.8) is 0 Å². The van der Waals surface area contributed by atoms with E-state index in [0.29, 0.717) is 13.1 Å². The van der Waals surface area contributed by atoms with Crippen LogP contribution in [0.15, 0.2) is 36.4 Å². The number of aryl methyl sites for hydroxylation is 1. The van der Waals surface area contributed by atoms with E-state index in [1.165, 1.54) is 5.56 Å². The minimum absolute atomic E-state index is 0.0488. The van der Waals surface area contributed by atoms with Crippen molar-refractivity contribution in [1.29, 1.82) is 0 Å². The van der Waals surface area contributed by atoms with Gasteiger partial charge in [0.2, 0.25) is 0 Å². The van der Waals surface area contributed by atoms with Crippen LogP contribution in [0.25, 0.3) is 0 Å². The van der Waals surface area contributed by atoms with E-state index in [4.69, 9.17) is 0 Å². The van der Waals surface area contributed by atoms with E-state index in [0.717, 1.165) is 42.8 Å². The molecule has 1 N–H and O–H groups in total. The SMILES string of the molecule is Cc1cc(C(=O)N2CCC3(CC2)C[C@@H]3C(=O)O)c(C)n1Cc1ccccc1. The number of carboxylic acid groups (broad SMARTS) is 1. The van der Waals surface area contributed by atoms with E-state index in [2.05, 4.69) is 16.7 Å². The smallest absolute Gasteiger partial charge is 0.307 e. The fraction of sp³-hybridized carbons (Fsp3) is 0.455. The first-order valence-corrected chi connectivity index (χ1v) is 9.64. The molecule has 1 spiro atoms. The van der Waals surface area contributed by atoms with Crippen molar-refractivity contribution >= 4 is 11.9 Å². The van der Waals surface area contributed by atoms with E-state index in [1.807, 2.05) is 43.0 Å². The fourth-order valence-electron chi connectivity index (χ4n) is 4.60. The van der Waals surface area contributed by atoms with Crippen molar-refractivity contribution < 1.29 is 14.7 Å². The monoisotopic (exact) mass is 366 g/mol. The second-order valence-electron chi connectivity index (χ2n) is 8.11. The van der Waals surface area contributed by atoms with Crippen LogP contribution in [0.4, 0.5) is 0 Å². The number of aliphatic carboxylic acids is 1. The molecule has 0 radical (unpaired) electrons. The Morgan fingerprint density at radius 3 is 2.41 bits per heavy atom. The molecular formula is C22H26N2O3. The average Bonchev–Trinajstić information content (AvgIpc) is 3.30. The number of amides is 1. The third kappa shape index (κ3) is 3.15. The highest BCUT2D eigenvalue weighted by Gasteiger charge is 2.59. The number of likely N-dealkylation sites (tertiary alicyclic amines) is 1. The van der Waals surface area contributed by atoms with Crippen molar-refractivity contribution in [1.82, 2.24) is 9.47 Å². The van der Waals surface area contributed by atoms with Crippen LogP contribution in [0.1, 0.15) is 46.6 Å². The topological polar surface area (TPSA) is 62.5 Å². The van der Waals surface area contributed by atoms with Crippen LogP contribution in [0.2, 0.25) is 0 Å². The predicted molar refractivity (Wildman–Crippen MR) is 103 cm³/mol. The summed E-state index contributed by atoms with van der Waals surface area (Å²) in [5, 5.41) is 9.23. The molecule has 4 rings (SSSR count). The lowest BCUT2D eigenvalue weighted by molar-refractivity contribution is -0.139. The van der Waals surface area contributed by atoms with Gasteiger partial charge in [-0.3, -0.25) is 9.59 Å². The summed E-state index contributed by atoms with van der Waals surface area (Å²) in [5.74, 6) is -0.810. The van der Waals surface area contributed by atoms with Crippen LogP contribution in [0.5, 0.6) is 0 Å². The summed E-state index contributed by atoms with van der Waals surface area (Å²) >= 11 is 0. The number of carboxylic acids is 1. The van der Waals surface area contributed by atoms with Crippen LogP contribution in [0.3, 0.4) is 0 Å². The molecule has 2 heterocycles. The van der Waals surface area contributed by atoms with Crippen molar-refractivity contribution in [2.24, 2.45) is 11.3 Å². The number of nitrogens with zero attached hydrogens (tertiary/aromatic N) is 2. The zero-order chi connectivity index (χ0) is 19.2. The summed E-state index contributed by atoms with van der Waals surface area (Å²) in [7, 11) is 0. The summed E-state index contributed by atoms with van der Waals surface area (Å²) in [6.07, 6.45) is 2.38. The van der Waals surface area contributed by atoms with Crippen LogP contribution in [0, 0.1) is 25.2 Å². The zero-order valence-electron chi connectivity index (χ0n) is 15.9. The third-order valence-corrected chi connectivity index (χ3v) is 6.52. The van der Waals surface area contributed by atoms with E-state index < -0.39 is 5.97 Å². The maximum atomic E-state index is 13.1. The maximum absolute atomic E-state index is 13.1. The van der Waals surface area contributed by atoms with Crippen molar-refractivity contribution in [3.05, 3.63) is 58.9 Å². The summed E-state index contributed by atoms with van der Waals surface area (Å²) in [5.41, 5.74) is 4.02. The first kappa shape index (κ1) is 17.8. The van der Waals surface area contributed by atoms with Crippen molar-refractivity contribution in [3.8, 4) is 0 Å².